The van der Waals surface area contributed by atoms with Crippen molar-refractivity contribution in [2.45, 2.75) is 25.0 Å². The molecule has 2 aromatic carbocycles. The summed E-state index contributed by atoms with van der Waals surface area (Å²) in [5, 5.41) is 3.39. The Hall–Kier alpha value is -2.84. The molecule has 0 radical (unpaired) electrons. The number of nitrogens with one attached hydrogen (secondary N) is 2. The third kappa shape index (κ3) is 4.60. The minimum Gasteiger partial charge on any atom is -0.355 e. The van der Waals surface area contributed by atoms with Gasteiger partial charge in [-0.15, -0.1) is 0 Å². The topological polar surface area (TPSA) is 79.8 Å². The van der Waals surface area contributed by atoms with Gasteiger partial charge in [-0.3, -0.25) is 14.2 Å². The van der Waals surface area contributed by atoms with Gasteiger partial charge in [-0.05, 0) is 43.7 Å². The van der Waals surface area contributed by atoms with E-state index in [0.717, 1.165) is 21.3 Å². The monoisotopic (exact) mass is 496 g/mol. The maximum Gasteiger partial charge on any atom is 0.278 e. The number of amides is 1. The van der Waals surface area contributed by atoms with Crippen molar-refractivity contribution < 1.29 is 4.79 Å². The zero-order chi connectivity index (χ0) is 22.0. The lowest BCUT2D eigenvalue weighted by atomic mass is 10.1. The SMILES string of the molecule is CC(C)n1c(SCC(=O)Nc2ccc(Br)cc2)nc2c(-c3ccccc3)c[nH]c2c1=O. The van der Waals surface area contributed by atoms with Gasteiger partial charge in [0.05, 0.1) is 5.75 Å². The molecule has 0 saturated carbocycles. The van der Waals surface area contributed by atoms with Crippen LogP contribution in [0.25, 0.3) is 22.2 Å². The Morgan fingerprint density at radius 2 is 1.87 bits per heavy atom. The first-order valence-corrected chi connectivity index (χ1v) is 11.6. The fourth-order valence-electron chi connectivity index (χ4n) is 3.31. The van der Waals surface area contributed by atoms with Crippen LogP contribution in [0.3, 0.4) is 0 Å². The van der Waals surface area contributed by atoms with Gasteiger partial charge in [0, 0.05) is 28.0 Å². The van der Waals surface area contributed by atoms with Crippen molar-refractivity contribution >= 4 is 50.3 Å². The predicted molar refractivity (Wildman–Crippen MR) is 130 cm³/mol. The van der Waals surface area contributed by atoms with Crippen LogP contribution in [0.5, 0.6) is 0 Å². The fourth-order valence-corrected chi connectivity index (χ4v) is 4.49. The highest BCUT2D eigenvalue weighted by atomic mass is 79.9. The summed E-state index contributed by atoms with van der Waals surface area (Å²) in [6.45, 7) is 3.86. The number of fused-ring (bicyclic) bond motifs is 1. The summed E-state index contributed by atoms with van der Waals surface area (Å²) in [5.41, 5.74) is 3.50. The Morgan fingerprint density at radius 3 is 2.55 bits per heavy atom. The first-order valence-electron chi connectivity index (χ1n) is 9.81. The summed E-state index contributed by atoms with van der Waals surface area (Å²) >= 11 is 4.64. The Bertz CT molecular complexity index is 1280. The van der Waals surface area contributed by atoms with Crippen LogP contribution in [-0.2, 0) is 4.79 Å². The summed E-state index contributed by atoms with van der Waals surface area (Å²) < 4.78 is 2.57. The van der Waals surface area contributed by atoms with Crippen LogP contribution < -0.4 is 10.9 Å². The highest BCUT2D eigenvalue weighted by Gasteiger charge is 2.19. The number of rotatable bonds is 6. The van der Waals surface area contributed by atoms with Crippen LogP contribution in [-0.4, -0.2) is 26.2 Å². The number of benzene rings is 2. The number of thioether (sulfide) groups is 1. The molecule has 4 rings (SSSR count). The quantitative estimate of drug-likeness (QED) is 0.274. The van der Waals surface area contributed by atoms with E-state index in [1.165, 1.54) is 11.8 Å². The van der Waals surface area contributed by atoms with Crippen molar-refractivity contribution in [3.63, 3.8) is 0 Å². The number of hydrogen-bond acceptors (Lipinski definition) is 4. The summed E-state index contributed by atoms with van der Waals surface area (Å²) in [7, 11) is 0. The van der Waals surface area contributed by atoms with Gasteiger partial charge < -0.3 is 10.3 Å². The molecule has 0 spiro atoms. The second-order valence-electron chi connectivity index (χ2n) is 7.30. The van der Waals surface area contributed by atoms with Gasteiger partial charge in [0.1, 0.15) is 11.0 Å². The zero-order valence-electron chi connectivity index (χ0n) is 17.1. The number of H-pyrrole nitrogens is 1. The molecule has 31 heavy (non-hydrogen) atoms. The van der Waals surface area contributed by atoms with Crippen molar-refractivity contribution in [2.24, 2.45) is 0 Å². The van der Waals surface area contributed by atoms with E-state index in [-0.39, 0.29) is 23.3 Å². The minimum absolute atomic E-state index is 0.0927. The van der Waals surface area contributed by atoms with Crippen molar-refractivity contribution in [1.82, 2.24) is 14.5 Å². The van der Waals surface area contributed by atoms with Gasteiger partial charge in [0.2, 0.25) is 5.91 Å². The lowest BCUT2D eigenvalue weighted by Gasteiger charge is -2.15. The third-order valence-electron chi connectivity index (χ3n) is 4.76. The number of anilines is 1. The molecule has 0 unspecified atom stereocenters. The van der Waals surface area contributed by atoms with Gasteiger partial charge in [-0.2, -0.15) is 0 Å². The molecule has 8 heteroatoms. The fraction of sp³-hybridized carbons (Fsp3) is 0.174. The first-order chi connectivity index (χ1) is 14.9. The number of nitrogens with zero attached hydrogens (tertiary/aromatic N) is 2. The van der Waals surface area contributed by atoms with Gasteiger partial charge in [0.25, 0.3) is 5.56 Å². The molecule has 1 amide bonds. The van der Waals surface area contributed by atoms with Crippen molar-refractivity contribution in [2.75, 3.05) is 11.1 Å². The Morgan fingerprint density at radius 1 is 1.16 bits per heavy atom. The number of halogens is 1. The molecule has 0 atom stereocenters. The highest BCUT2D eigenvalue weighted by Crippen LogP contribution is 2.28. The summed E-state index contributed by atoms with van der Waals surface area (Å²) in [6.07, 6.45) is 1.81. The van der Waals surface area contributed by atoms with E-state index in [1.807, 2.05) is 74.6 Å². The highest BCUT2D eigenvalue weighted by molar-refractivity contribution is 9.10. The number of aromatic amines is 1. The lowest BCUT2D eigenvalue weighted by molar-refractivity contribution is -0.113. The maximum absolute atomic E-state index is 13.2. The van der Waals surface area contributed by atoms with Crippen LogP contribution in [0.1, 0.15) is 19.9 Å². The molecule has 4 aromatic rings. The first kappa shape index (κ1) is 21.4. The summed E-state index contributed by atoms with van der Waals surface area (Å²) in [6, 6.07) is 17.1. The van der Waals surface area contributed by atoms with E-state index in [2.05, 4.69) is 26.2 Å². The van der Waals surface area contributed by atoms with Gasteiger partial charge >= 0.3 is 0 Å². The molecule has 158 valence electrons. The number of aromatic nitrogens is 3. The molecule has 0 aliphatic rings. The lowest BCUT2D eigenvalue weighted by Crippen LogP contribution is -2.25. The average molecular weight is 497 g/mol. The molecule has 2 N–H and O–H groups in total. The van der Waals surface area contributed by atoms with E-state index in [0.29, 0.717) is 16.2 Å². The van der Waals surface area contributed by atoms with Crippen LogP contribution >= 0.6 is 27.7 Å². The van der Waals surface area contributed by atoms with Crippen molar-refractivity contribution in [1.29, 1.82) is 0 Å². The zero-order valence-corrected chi connectivity index (χ0v) is 19.5. The van der Waals surface area contributed by atoms with Gasteiger partial charge in [-0.1, -0.05) is 58.0 Å². The minimum atomic E-state index is -0.158. The molecule has 2 heterocycles. The van der Waals surface area contributed by atoms with Crippen LogP contribution in [0.15, 0.2) is 75.2 Å². The largest absolute Gasteiger partial charge is 0.355 e. The molecule has 0 bridgehead atoms. The summed E-state index contributed by atoms with van der Waals surface area (Å²) in [4.78, 5) is 33.5. The molecule has 0 saturated heterocycles. The second kappa shape index (κ2) is 9.11. The number of carbonyl (C=O) groups is 1. The second-order valence-corrected chi connectivity index (χ2v) is 9.16. The van der Waals surface area contributed by atoms with E-state index in [1.54, 1.807) is 4.57 Å². The van der Waals surface area contributed by atoms with Gasteiger partial charge in [0.15, 0.2) is 5.16 Å². The number of hydrogen-bond donors (Lipinski definition) is 2. The van der Waals surface area contributed by atoms with Crippen LogP contribution in [0, 0.1) is 0 Å². The van der Waals surface area contributed by atoms with E-state index < -0.39 is 0 Å². The van der Waals surface area contributed by atoms with E-state index in [9.17, 15) is 9.59 Å². The number of carbonyl (C=O) groups excluding carboxylic acids is 1. The molecule has 2 aromatic heterocycles. The standard InChI is InChI=1S/C23H21BrN4O2S/c1-14(2)28-22(30)21-20(18(12-25-21)15-6-4-3-5-7-15)27-23(28)31-13-19(29)26-17-10-8-16(24)9-11-17/h3-12,14,25H,13H2,1-2H3,(H,26,29). The molecule has 0 aliphatic carbocycles. The van der Waals surface area contributed by atoms with Crippen LogP contribution in [0.2, 0.25) is 0 Å². The molecule has 6 nitrogen and oxygen atoms in total. The van der Waals surface area contributed by atoms with Crippen molar-refractivity contribution in [3.05, 3.63) is 75.6 Å². The Labute approximate surface area is 192 Å². The van der Waals surface area contributed by atoms with Gasteiger partial charge in [-0.25, -0.2) is 4.98 Å². The third-order valence-corrected chi connectivity index (χ3v) is 6.24. The average Bonchev–Trinajstić information content (AvgIpc) is 3.18. The predicted octanol–water partition coefficient (Wildman–Crippen LogP) is 5.47. The maximum atomic E-state index is 13.2. The Kier molecular flexibility index (Phi) is 6.29. The van der Waals surface area contributed by atoms with Crippen molar-refractivity contribution in [3.8, 4) is 11.1 Å². The normalized spacial score (nSPS) is 11.2. The molecule has 0 fully saturated rings. The van der Waals surface area contributed by atoms with E-state index >= 15 is 0 Å². The molecular formula is C23H21BrN4O2S. The van der Waals surface area contributed by atoms with E-state index in [4.69, 9.17) is 4.98 Å². The molecular weight excluding hydrogens is 476 g/mol. The summed E-state index contributed by atoms with van der Waals surface area (Å²) in [5.74, 6) is -0.0134. The molecule has 0 aliphatic heterocycles. The smallest absolute Gasteiger partial charge is 0.278 e. The van der Waals surface area contributed by atoms with Crippen LogP contribution in [0.4, 0.5) is 5.69 Å². The Balaban J connectivity index is 1.65.